The van der Waals surface area contributed by atoms with Crippen LogP contribution in [0.2, 0.25) is 0 Å². The second kappa shape index (κ2) is 17.5. The number of hydrogen-bond donors (Lipinski definition) is 2. The minimum absolute atomic E-state index is 0.0494. The summed E-state index contributed by atoms with van der Waals surface area (Å²) in [5.74, 6) is -0.940. The highest BCUT2D eigenvalue weighted by molar-refractivity contribution is 9.10. The summed E-state index contributed by atoms with van der Waals surface area (Å²) in [5.41, 5.74) is 0.766. The number of likely N-dealkylation sites (tertiary alicyclic amines) is 1. The molecule has 0 bridgehead atoms. The minimum Gasteiger partial charge on any atom is -0.481 e. The monoisotopic (exact) mass is 591 g/mol. The van der Waals surface area contributed by atoms with Gasteiger partial charge in [0.25, 0.3) is 0 Å². The Kier molecular flexibility index (Phi) is 14.8. The summed E-state index contributed by atoms with van der Waals surface area (Å²) in [7, 11) is 0. The van der Waals surface area contributed by atoms with Crippen LogP contribution in [0.5, 0.6) is 0 Å². The molecule has 38 heavy (non-hydrogen) atoms. The zero-order valence-electron chi connectivity index (χ0n) is 22.6. The lowest BCUT2D eigenvalue weighted by atomic mass is 9.84. The van der Waals surface area contributed by atoms with Gasteiger partial charge in [0.1, 0.15) is 5.82 Å². The van der Waals surface area contributed by atoms with Gasteiger partial charge in [-0.2, -0.15) is 0 Å². The Hall–Kier alpha value is -2.09. The lowest BCUT2D eigenvalue weighted by Gasteiger charge is -2.38. The van der Waals surface area contributed by atoms with Crippen LogP contribution in [-0.4, -0.2) is 46.5 Å². The fourth-order valence-electron chi connectivity index (χ4n) is 4.67. The SMILES string of the molecule is CCCCCCCCCC(=O)O.O=C(CCCN1CCC(O)(c2ccc(Br)cc2)CC1)c1ccc(F)cc1. The van der Waals surface area contributed by atoms with E-state index in [0.717, 1.165) is 48.9 Å². The number of nitrogens with zero attached hydrogens (tertiary/aromatic N) is 1. The number of aliphatic carboxylic acids is 1. The number of unbranched alkanes of at least 4 members (excludes halogenated alkanes) is 6. The van der Waals surface area contributed by atoms with E-state index in [-0.39, 0.29) is 11.6 Å². The number of carbonyl (C=O) groups excluding carboxylic acids is 1. The van der Waals surface area contributed by atoms with Gasteiger partial charge < -0.3 is 15.1 Å². The number of rotatable bonds is 14. The summed E-state index contributed by atoms with van der Waals surface area (Å²) in [6, 6.07) is 13.6. The van der Waals surface area contributed by atoms with E-state index in [1.54, 1.807) is 0 Å². The summed E-state index contributed by atoms with van der Waals surface area (Å²) < 4.78 is 13.9. The van der Waals surface area contributed by atoms with Crippen molar-refractivity contribution in [3.8, 4) is 0 Å². The van der Waals surface area contributed by atoms with Crippen LogP contribution in [0.3, 0.4) is 0 Å². The molecule has 2 N–H and O–H groups in total. The average molecular weight is 593 g/mol. The molecule has 210 valence electrons. The molecule has 0 amide bonds. The number of ketones is 1. The molecule has 2 aromatic carbocycles. The Morgan fingerprint density at radius 3 is 2.03 bits per heavy atom. The first-order valence-electron chi connectivity index (χ1n) is 13.9. The second-order valence-corrected chi connectivity index (χ2v) is 11.1. The summed E-state index contributed by atoms with van der Waals surface area (Å²) in [6.45, 7) is 4.67. The number of carboxylic acid groups (broad SMARTS) is 1. The molecule has 7 heteroatoms. The molecule has 5 nitrogen and oxygen atoms in total. The molecule has 0 aliphatic carbocycles. The highest BCUT2D eigenvalue weighted by Gasteiger charge is 2.33. The lowest BCUT2D eigenvalue weighted by Crippen LogP contribution is -2.42. The number of Topliss-reactive ketones (excluding diaryl/α,β-unsaturated/α-hetero) is 1. The number of halogens is 2. The third kappa shape index (κ3) is 12.2. The maximum absolute atomic E-state index is 12.9. The molecule has 0 atom stereocenters. The maximum atomic E-state index is 12.9. The Balaban J connectivity index is 0.000000358. The van der Waals surface area contributed by atoms with Crippen molar-refractivity contribution in [1.82, 2.24) is 4.90 Å². The molecule has 0 unspecified atom stereocenters. The molecule has 1 saturated heterocycles. The topological polar surface area (TPSA) is 77.8 Å². The number of piperidine rings is 1. The number of carbonyl (C=O) groups is 2. The summed E-state index contributed by atoms with van der Waals surface area (Å²) in [4.78, 5) is 24.6. The third-order valence-electron chi connectivity index (χ3n) is 7.10. The van der Waals surface area contributed by atoms with Crippen LogP contribution in [0.15, 0.2) is 53.0 Å². The summed E-state index contributed by atoms with van der Waals surface area (Å²) >= 11 is 3.42. The largest absolute Gasteiger partial charge is 0.481 e. The highest BCUT2D eigenvalue weighted by Crippen LogP contribution is 2.33. The molecule has 0 aromatic heterocycles. The molecular formula is C31H43BrFNO4. The normalized spacial score (nSPS) is 14.9. The number of hydrogen-bond acceptors (Lipinski definition) is 4. The van der Waals surface area contributed by atoms with E-state index in [0.29, 0.717) is 31.2 Å². The van der Waals surface area contributed by atoms with Crippen LogP contribution in [0.1, 0.15) is 99.9 Å². The van der Waals surface area contributed by atoms with Crippen LogP contribution >= 0.6 is 15.9 Å². The van der Waals surface area contributed by atoms with Crippen LogP contribution in [-0.2, 0) is 10.4 Å². The van der Waals surface area contributed by atoms with E-state index < -0.39 is 11.6 Å². The average Bonchev–Trinajstić information content (AvgIpc) is 2.90. The Labute approximate surface area is 235 Å². The number of benzene rings is 2. The molecule has 1 fully saturated rings. The smallest absolute Gasteiger partial charge is 0.303 e. The minimum atomic E-state index is -0.763. The van der Waals surface area contributed by atoms with Crippen molar-refractivity contribution < 1.29 is 24.2 Å². The Morgan fingerprint density at radius 1 is 0.868 bits per heavy atom. The Bertz CT molecular complexity index is 957. The van der Waals surface area contributed by atoms with Crippen molar-refractivity contribution in [3.05, 3.63) is 69.9 Å². The molecule has 0 saturated carbocycles. The van der Waals surface area contributed by atoms with Gasteiger partial charge >= 0.3 is 5.97 Å². The maximum Gasteiger partial charge on any atom is 0.303 e. The summed E-state index contributed by atoms with van der Waals surface area (Å²) in [5, 5.41) is 19.3. The third-order valence-corrected chi connectivity index (χ3v) is 7.63. The molecule has 1 heterocycles. The van der Waals surface area contributed by atoms with Crippen LogP contribution in [0, 0.1) is 5.82 Å². The quantitative estimate of drug-likeness (QED) is 0.173. The van der Waals surface area contributed by atoms with E-state index in [1.165, 1.54) is 56.4 Å². The van der Waals surface area contributed by atoms with Crippen LogP contribution < -0.4 is 0 Å². The van der Waals surface area contributed by atoms with Gasteiger partial charge in [0.2, 0.25) is 0 Å². The highest BCUT2D eigenvalue weighted by atomic mass is 79.9. The predicted octanol–water partition coefficient (Wildman–Crippen LogP) is 7.75. The molecule has 0 radical (unpaired) electrons. The first kappa shape index (κ1) is 32.1. The second-order valence-electron chi connectivity index (χ2n) is 10.2. The van der Waals surface area contributed by atoms with Crippen molar-refractivity contribution in [2.45, 2.75) is 89.6 Å². The van der Waals surface area contributed by atoms with Crippen molar-refractivity contribution in [3.63, 3.8) is 0 Å². The Morgan fingerprint density at radius 2 is 1.45 bits per heavy atom. The zero-order chi connectivity index (χ0) is 27.8. The van der Waals surface area contributed by atoms with Gasteiger partial charge in [-0.1, -0.05) is 73.5 Å². The molecule has 1 aliphatic heterocycles. The predicted molar refractivity (Wildman–Crippen MR) is 154 cm³/mol. The molecule has 3 rings (SSSR count). The van der Waals surface area contributed by atoms with Crippen molar-refractivity contribution in [2.75, 3.05) is 19.6 Å². The van der Waals surface area contributed by atoms with Gasteiger partial charge in [0, 0.05) is 36.0 Å². The molecule has 2 aromatic rings. The van der Waals surface area contributed by atoms with Gasteiger partial charge in [0.05, 0.1) is 5.60 Å². The fourth-order valence-corrected chi connectivity index (χ4v) is 4.94. The number of carboxylic acids is 1. The summed E-state index contributed by atoms with van der Waals surface area (Å²) in [6.07, 6.45) is 11.3. The van der Waals surface area contributed by atoms with Crippen molar-refractivity contribution >= 4 is 27.7 Å². The first-order chi connectivity index (χ1) is 18.2. The van der Waals surface area contributed by atoms with E-state index in [9.17, 15) is 19.1 Å². The van der Waals surface area contributed by atoms with Gasteiger partial charge in [-0.25, -0.2) is 4.39 Å². The van der Waals surface area contributed by atoms with Gasteiger partial charge in [0.15, 0.2) is 5.78 Å². The van der Waals surface area contributed by atoms with E-state index in [1.807, 2.05) is 24.3 Å². The van der Waals surface area contributed by atoms with Gasteiger partial charge in [-0.05, 0) is 74.2 Å². The fraction of sp³-hybridized carbons (Fsp3) is 0.548. The van der Waals surface area contributed by atoms with Crippen molar-refractivity contribution in [1.29, 1.82) is 0 Å². The van der Waals surface area contributed by atoms with Crippen molar-refractivity contribution in [2.24, 2.45) is 0 Å². The van der Waals surface area contributed by atoms with Crippen LogP contribution in [0.4, 0.5) is 4.39 Å². The molecule has 1 aliphatic rings. The lowest BCUT2D eigenvalue weighted by molar-refractivity contribution is -0.137. The van der Waals surface area contributed by atoms with E-state index in [2.05, 4.69) is 27.8 Å². The molecule has 0 spiro atoms. The van der Waals surface area contributed by atoms with E-state index in [4.69, 9.17) is 5.11 Å². The zero-order valence-corrected chi connectivity index (χ0v) is 24.2. The standard InChI is InChI=1S/C21H23BrFNO2.C10H20O2/c22-18-7-5-17(6-8-18)21(26)11-14-24(15-12-21)13-1-2-20(25)16-3-9-19(23)10-4-16;1-2-3-4-5-6-7-8-9-10(11)12/h3-10,26H,1-2,11-15H2;2-9H2,1H3,(H,11,12). The van der Waals surface area contributed by atoms with E-state index >= 15 is 0 Å². The number of aliphatic hydroxyl groups is 1. The van der Waals surface area contributed by atoms with Gasteiger partial charge in [-0.15, -0.1) is 0 Å². The van der Waals surface area contributed by atoms with Gasteiger partial charge in [-0.3, -0.25) is 9.59 Å². The first-order valence-corrected chi connectivity index (χ1v) is 14.7. The molecular weight excluding hydrogens is 549 g/mol. The van der Waals surface area contributed by atoms with Crippen LogP contribution in [0.25, 0.3) is 0 Å².